The Bertz CT molecular complexity index is 430. The fourth-order valence-corrected chi connectivity index (χ4v) is 2.48. The summed E-state index contributed by atoms with van der Waals surface area (Å²) in [6, 6.07) is 4.05. The number of aliphatic hydroxyl groups excluding tert-OH is 1. The van der Waals surface area contributed by atoms with Crippen LogP contribution in [0.5, 0.6) is 0 Å². The lowest BCUT2D eigenvalue weighted by Crippen LogP contribution is -2.37. The van der Waals surface area contributed by atoms with Crippen molar-refractivity contribution in [3.05, 3.63) is 23.4 Å². The van der Waals surface area contributed by atoms with Crippen LogP contribution in [0.3, 0.4) is 0 Å². The molecule has 1 N–H and O–H groups in total. The number of hydrogen-bond donors (Lipinski definition) is 1. The molecule has 1 aromatic heterocycles. The van der Waals surface area contributed by atoms with Crippen molar-refractivity contribution in [1.29, 1.82) is 0 Å². The summed E-state index contributed by atoms with van der Waals surface area (Å²) in [6.45, 7) is 11.2. The molecule has 19 heavy (non-hydrogen) atoms. The Kier molecular flexibility index (Phi) is 4.14. The predicted octanol–water partition coefficient (Wildman–Crippen LogP) is 3.32. The molecule has 1 saturated heterocycles. The lowest BCUT2D eigenvalue weighted by Gasteiger charge is -2.37. The highest BCUT2D eigenvalue weighted by Crippen LogP contribution is 2.32. The summed E-state index contributed by atoms with van der Waals surface area (Å²) in [4.78, 5) is 7.12. The normalized spacial score (nSPS) is 18.9. The van der Waals surface area contributed by atoms with Crippen LogP contribution in [-0.2, 0) is 6.61 Å². The molecule has 1 fully saturated rings. The van der Waals surface area contributed by atoms with Gasteiger partial charge >= 0.3 is 0 Å². The molecule has 0 aliphatic carbocycles. The van der Waals surface area contributed by atoms with E-state index in [0.29, 0.717) is 11.3 Å². The molecule has 0 radical (unpaired) electrons. The minimum Gasteiger partial charge on any atom is -0.392 e. The lowest BCUT2D eigenvalue weighted by molar-refractivity contribution is 0.277. The third-order valence-corrected chi connectivity index (χ3v) is 4.11. The molecule has 2 heterocycles. The van der Waals surface area contributed by atoms with Crippen molar-refractivity contribution in [2.45, 2.75) is 53.1 Å². The van der Waals surface area contributed by atoms with Crippen molar-refractivity contribution in [1.82, 2.24) is 4.98 Å². The zero-order valence-electron chi connectivity index (χ0n) is 12.6. The topological polar surface area (TPSA) is 36.4 Å². The van der Waals surface area contributed by atoms with E-state index < -0.39 is 0 Å². The van der Waals surface area contributed by atoms with Gasteiger partial charge in [-0.2, -0.15) is 0 Å². The molecule has 1 aromatic rings. The fourth-order valence-electron chi connectivity index (χ4n) is 2.48. The molecule has 0 bridgehead atoms. The van der Waals surface area contributed by atoms with Gasteiger partial charge in [-0.25, -0.2) is 4.98 Å². The summed E-state index contributed by atoms with van der Waals surface area (Å²) in [7, 11) is 0. The van der Waals surface area contributed by atoms with E-state index in [4.69, 9.17) is 4.98 Å². The molecule has 106 valence electrons. The molecule has 0 unspecified atom stereocenters. The summed E-state index contributed by atoms with van der Waals surface area (Å²) < 4.78 is 0. The highest BCUT2D eigenvalue weighted by atomic mass is 16.3. The van der Waals surface area contributed by atoms with Gasteiger partial charge in [-0.3, -0.25) is 0 Å². The van der Waals surface area contributed by atoms with Gasteiger partial charge < -0.3 is 10.0 Å². The Hall–Kier alpha value is -1.09. The minimum atomic E-state index is 0.0918. The average molecular weight is 262 g/mol. The number of anilines is 1. The van der Waals surface area contributed by atoms with E-state index in [-0.39, 0.29) is 6.61 Å². The monoisotopic (exact) mass is 262 g/mol. The van der Waals surface area contributed by atoms with Gasteiger partial charge in [0.25, 0.3) is 0 Å². The number of hydrogen-bond acceptors (Lipinski definition) is 3. The second-order valence-corrected chi connectivity index (χ2v) is 6.72. The Morgan fingerprint density at radius 1 is 1.26 bits per heavy atom. The maximum absolute atomic E-state index is 9.40. The molecule has 3 heteroatoms. The Labute approximate surface area is 116 Å². The minimum absolute atomic E-state index is 0.0918. The zero-order chi connectivity index (χ0) is 14.0. The van der Waals surface area contributed by atoms with E-state index >= 15 is 0 Å². The van der Waals surface area contributed by atoms with Crippen molar-refractivity contribution in [3.63, 3.8) is 0 Å². The number of aliphatic hydroxyl groups is 1. The molecule has 2 rings (SSSR count). The molecule has 1 aliphatic heterocycles. The average Bonchev–Trinajstić information content (AvgIpc) is 2.38. The number of rotatable bonds is 3. The van der Waals surface area contributed by atoms with Crippen LogP contribution in [0.2, 0.25) is 0 Å². The summed E-state index contributed by atoms with van der Waals surface area (Å²) >= 11 is 0. The van der Waals surface area contributed by atoms with Crippen LogP contribution in [0.15, 0.2) is 12.1 Å². The van der Waals surface area contributed by atoms with Crippen LogP contribution >= 0.6 is 0 Å². The van der Waals surface area contributed by atoms with E-state index in [0.717, 1.165) is 30.2 Å². The van der Waals surface area contributed by atoms with Crippen molar-refractivity contribution in [2.75, 3.05) is 18.0 Å². The van der Waals surface area contributed by atoms with Gasteiger partial charge in [0.15, 0.2) is 0 Å². The number of pyridine rings is 1. The van der Waals surface area contributed by atoms with Gasteiger partial charge in [0, 0.05) is 18.8 Å². The predicted molar refractivity (Wildman–Crippen MR) is 79.5 cm³/mol. The number of nitrogens with zero attached hydrogens (tertiary/aromatic N) is 2. The van der Waals surface area contributed by atoms with Crippen molar-refractivity contribution in [2.24, 2.45) is 5.41 Å². The van der Waals surface area contributed by atoms with Crippen LogP contribution in [0.1, 0.15) is 57.7 Å². The molecule has 0 aromatic carbocycles. The van der Waals surface area contributed by atoms with Crippen LogP contribution in [0.25, 0.3) is 0 Å². The van der Waals surface area contributed by atoms with Gasteiger partial charge in [0.05, 0.1) is 6.61 Å². The van der Waals surface area contributed by atoms with Crippen molar-refractivity contribution >= 4 is 5.82 Å². The molecule has 0 spiro atoms. The van der Waals surface area contributed by atoms with E-state index in [2.05, 4.69) is 32.6 Å². The third kappa shape index (κ3) is 3.47. The first-order chi connectivity index (χ1) is 8.91. The van der Waals surface area contributed by atoms with Crippen molar-refractivity contribution < 1.29 is 5.11 Å². The van der Waals surface area contributed by atoms with E-state index in [1.165, 1.54) is 12.8 Å². The fraction of sp³-hybridized carbons (Fsp3) is 0.688. The third-order valence-electron chi connectivity index (χ3n) is 4.11. The van der Waals surface area contributed by atoms with Gasteiger partial charge in [-0.05, 0) is 41.9 Å². The van der Waals surface area contributed by atoms with Gasteiger partial charge in [0.1, 0.15) is 5.82 Å². The number of aromatic nitrogens is 1. The standard InChI is InChI=1S/C16H26N2O/c1-12(2)14-9-13(11-19)10-15(17-14)18-7-5-16(3,4)6-8-18/h9-10,12,19H,5-8,11H2,1-4H3. The molecule has 0 atom stereocenters. The van der Waals surface area contributed by atoms with E-state index in [1.54, 1.807) is 0 Å². The number of piperidine rings is 1. The zero-order valence-corrected chi connectivity index (χ0v) is 12.6. The molecule has 0 amide bonds. The van der Waals surface area contributed by atoms with Crippen molar-refractivity contribution in [3.8, 4) is 0 Å². The first-order valence-electron chi connectivity index (χ1n) is 7.28. The largest absolute Gasteiger partial charge is 0.392 e. The lowest BCUT2D eigenvalue weighted by atomic mass is 9.83. The molecule has 3 nitrogen and oxygen atoms in total. The quantitative estimate of drug-likeness (QED) is 0.907. The van der Waals surface area contributed by atoms with E-state index in [1.807, 2.05) is 12.1 Å². The Morgan fingerprint density at radius 3 is 2.42 bits per heavy atom. The van der Waals surface area contributed by atoms with E-state index in [9.17, 15) is 5.11 Å². The maximum atomic E-state index is 9.40. The second-order valence-electron chi connectivity index (χ2n) is 6.72. The maximum Gasteiger partial charge on any atom is 0.129 e. The molecule has 0 saturated carbocycles. The highest BCUT2D eigenvalue weighted by Gasteiger charge is 2.26. The Morgan fingerprint density at radius 2 is 1.89 bits per heavy atom. The van der Waals surface area contributed by atoms with Gasteiger partial charge in [0.2, 0.25) is 0 Å². The molecule has 1 aliphatic rings. The first-order valence-corrected chi connectivity index (χ1v) is 7.28. The van der Waals surface area contributed by atoms with Crippen LogP contribution in [0, 0.1) is 5.41 Å². The second kappa shape index (κ2) is 5.49. The smallest absolute Gasteiger partial charge is 0.129 e. The highest BCUT2D eigenvalue weighted by molar-refractivity contribution is 5.43. The first kappa shape index (κ1) is 14.3. The summed E-state index contributed by atoms with van der Waals surface area (Å²) in [5.74, 6) is 1.43. The summed E-state index contributed by atoms with van der Waals surface area (Å²) in [5, 5.41) is 9.40. The molecular weight excluding hydrogens is 236 g/mol. The summed E-state index contributed by atoms with van der Waals surface area (Å²) in [6.07, 6.45) is 2.41. The van der Waals surface area contributed by atoms with Crippen LogP contribution in [0.4, 0.5) is 5.82 Å². The summed E-state index contributed by atoms with van der Waals surface area (Å²) in [5.41, 5.74) is 2.50. The van der Waals surface area contributed by atoms with Gasteiger partial charge in [-0.15, -0.1) is 0 Å². The Balaban J connectivity index is 2.22. The SMILES string of the molecule is CC(C)c1cc(CO)cc(N2CCC(C)(C)CC2)n1. The van der Waals surface area contributed by atoms with Crippen LogP contribution < -0.4 is 4.90 Å². The molecular formula is C16H26N2O. The van der Waals surface area contributed by atoms with Gasteiger partial charge in [-0.1, -0.05) is 27.7 Å². The van der Waals surface area contributed by atoms with Crippen LogP contribution in [-0.4, -0.2) is 23.2 Å².